The van der Waals surface area contributed by atoms with Crippen LogP contribution in [0.25, 0.3) is 11.4 Å². The molecule has 0 fully saturated rings. The Bertz CT molecular complexity index is 1150. The molecular weight excluding hydrogens is 406 g/mol. The number of carbonyl (C=O) groups excluding carboxylic acids is 1. The Morgan fingerprint density at radius 3 is 2.42 bits per heavy atom. The maximum absolute atomic E-state index is 13.9. The van der Waals surface area contributed by atoms with Gasteiger partial charge in [-0.1, -0.05) is 6.92 Å². The van der Waals surface area contributed by atoms with Crippen LogP contribution in [0.1, 0.15) is 37.9 Å². The molecule has 31 heavy (non-hydrogen) atoms. The summed E-state index contributed by atoms with van der Waals surface area (Å²) < 4.78 is 27.7. The first kappa shape index (κ1) is 21.6. The number of nitrogens with one attached hydrogen (secondary N) is 2. The minimum Gasteiger partial charge on any atom is -0.339 e. The van der Waals surface area contributed by atoms with Gasteiger partial charge in [0.2, 0.25) is 11.7 Å². The molecule has 0 aromatic carbocycles. The second kappa shape index (κ2) is 8.74. The van der Waals surface area contributed by atoms with Crippen LogP contribution in [0, 0.1) is 11.3 Å². The summed E-state index contributed by atoms with van der Waals surface area (Å²) in [5.74, 6) is -3.54. The summed E-state index contributed by atoms with van der Waals surface area (Å²) in [5.41, 5.74) is 1.50. The molecule has 0 unspecified atom stereocenters. The molecule has 0 aliphatic heterocycles. The van der Waals surface area contributed by atoms with Gasteiger partial charge in [0.15, 0.2) is 5.82 Å². The zero-order chi connectivity index (χ0) is 22.6. The third-order valence-corrected chi connectivity index (χ3v) is 4.03. The van der Waals surface area contributed by atoms with E-state index >= 15 is 0 Å². The summed E-state index contributed by atoms with van der Waals surface area (Å²) in [5, 5.41) is 14.5. The highest BCUT2D eigenvalue weighted by atomic mass is 19.3. The number of carbonyl (C=O) groups is 1. The van der Waals surface area contributed by atoms with Crippen molar-refractivity contribution in [3.8, 4) is 17.5 Å². The lowest BCUT2D eigenvalue weighted by Crippen LogP contribution is -2.15. The third-order valence-electron chi connectivity index (χ3n) is 4.03. The van der Waals surface area contributed by atoms with Crippen molar-refractivity contribution in [3.05, 3.63) is 47.8 Å². The molecule has 0 radical (unpaired) electrons. The summed E-state index contributed by atoms with van der Waals surface area (Å²) in [6.07, 6.45) is 4.55. The number of aryl methyl sites for hydroxylation is 1. The van der Waals surface area contributed by atoms with Crippen molar-refractivity contribution in [1.82, 2.24) is 24.9 Å². The maximum atomic E-state index is 13.9. The van der Waals surface area contributed by atoms with Gasteiger partial charge in [0, 0.05) is 50.3 Å². The summed E-state index contributed by atoms with van der Waals surface area (Å²) in [6, 6.07) is 4.99. The number of rotatable bonds is 6. The van der Waals surface area contributed by atoms with Crippen molar-refractivity contribution in [2.24, 2.45) is 0 Å². The van der Waals surface area contributed by atoms with E-state index in [1.54, 1.807) is 13.0 Å². The number of alkyl halides is 2. The van der Waals surface area contributed by atoms with E-state index in [9.17, 15) is 13.6 Å². The van der Waals surface area contributed by atoms with Gasteiger partial charge in [-0.25, -0.2) is 24.9 Å². The average molecular weight is 424 g/mol. The van der Waals surface area contributed by atoms with Gasteiger partial charge >= 0.3 is 5.92 Å². The molecule has 1 amide bonds. The van der Waals surface area contributed by atoms with Crippen LogP contribution in [0.5, 0.6) is 0 Å². The monoisotopic (exact) mass is 424 g/mol. The van der Waals surface area contributed by atoms with Crippen LogP contribution in [0.15, 0.2) is 30.7 Å². The van der Waals surface area contributed by atoms with E-state index in [0.717, 1.165) is 6.92 Å². The van der Waals surface area contributed by atoms with E-state index < -0.39 is 11.7 Å². The van der Waals surface area contributed by atoms with Gasteiger partial charge in [-0.15, -0.1) is 0 Å². The van der Waals surface area contributed by atoms with Crippen LogP contribution in [-0.4, -0.2) is 30.8 Å². The average Bonchev–Trinajstić information content (AvgIpc) is 2.73. The highest BCUT2D eigenvalue weighted by molar-refractivity contribution is 5.89. The number of anilines is 3. The van der Waals surface area contributed by atoms with Gasteiger partial charge in [0.05, 0.1) is 16.8 Å². The minimum absolute atomic E-state index is 0.137. The van der Waals surface area contributed by atoms with Gasteiger partial charge in [-0.3, -0.25) is 4.79 Å². The lowest BCUT2D eigenvalue weighted by atomic mass is 10.2. The first-order valence-corrected chi connectivity index (χ1v) is 9.23. The van der Waals surface area contributed by atoms with Crippen LogP contribution >= 0.6 is 0 Å². The first-order chi connectivity index (χ1) is 14.7. The van der Waals surface area contributed by atoms with Gasteiger partial charge in [0.25, 0.3) is 0 Å². The molecule has 11 heteroatoms. The highest BCUT2D eigenvalue weighted by Crippen LogP contribution is 2.31. The fourth-order valence-corrected chi connectivity index (χ4v) is 2.59. The van der Waals surface area contributed by atoms with Crippen LogP contribution < -0.4 is 10.6 Å². The van der Waals surface area contributed by atoms with Crippen LogP contribution in [0.4, 0.5) is 26.1 Å². The second-order valence-corrected chi connectivity index (χ2v) is 6.64. The summed E-state index contributed by atoms with van der Waals surface area (Å²) in [6.45, 7) is 3.85. The quantitative estimate of drug-likeness (QED) is 0.614. The van der Waals surface area contributed by atoms with Crippen molar-refractivity contribution in [2.75, 3.05) is 10.6 Å². The van der Waals surface area contributed by atoms with Crippen molar-refractivity contribution in [1.29, 1.82) is 5.26 Å². The minimum atomic E-state index is -3.22. The Hall–Kier alpha value is -4.07. The number of amides is 1. The SMILES string of the molecule is CCc1cc(Nc2cc(NC(C)=O)ncc2-c2ncc(C#N)cn2)nc(C(C)(F)F)n1. The van der Waals surface area contributed by atoms with Gasteiger partial charge < -0.3 is 10.6 Å². The highest BCUT2D eigenvalue weighted by Gasteiger charge is 2.29. The Morgan fingerprint density at radius 2 is 1.84 bits per heavy atom. The van der Waals surface area contributed by atoms with E-state index in [4.69, 9.17) is 5.26 Å². The summed E-state index contributed by atoms with van der Waals surface area (Å²) in [7, 11) is 0. The predicted molar refractivity (Wildman–Crippen MR) is 109 cm³/mol. The van der Waals surface area contributed by atoms with E-state index in [1.165, 1.54) is 31.6 Å². The Labute approximate surface area is 176 Å². The van der Waals surface area contributed by atoms with Gasteiger partial charge in [-0.05, 0) is 6.42 Å². The Kier molecular flexibility index (Phi) is 6.10. The fraction of sp³-hybridized carbons (Fsp3) is 0.250. The fourth-order valence-electron chi connectivity index (χ4n) is 2.59. The molecule has 3 aromatic rings. The molecule has 0 aliphatic carbocycles. The molecule has 158 valence electrons. The number of hydrogen-bond acceptors (Lipinski definition) is 8. The molecule has 0 bridgehead atoms. The van der Waals surface area contributed by atoms with Crippen LogP contribution in [0.2, 0.25) is 0 Å². The lowest BCUT2D eigenvalue weighted by Gasteiger charge is -2.15. The van der Waals surface area contributed by atoms with E-state index in [1.807, 2.05) is 6.07 Å². The summed E-state index contributed by atoms with van der Waals surface area (Å²) in [4.78, 5) is 31.7. The maximum Gasteiger partial charge on any atom is 0.303 e. The van der Waals surface area contributed by atoms with Crippen LogP contribution in [-0.2, 0) is 17.1 Å². The molecule has 9 nitrogen and oxygen atoms in total. The standard InChI is InChI=1S/C20H18F2N8O/c1-4-13-5-17(30-19(28-13)20(3,21)22)29-15-6-16(27-11(2)31)24-10-14(15)18-25-8-12(7-23)9-26-18/h5-6,8-10H,4H2,1-3H3,(H2,24,27,28,29,30,31). The molecule has 0 saturated heterocycles. The Balaban J connectivity index is 2.09. The zero-order valence-corrected chi connectivity index (χ0v) is 16.9. The zero-order valence-electron chi connectivity index (χ0n) is 16.9. The number of halogens is 2. The number of nitriles is 1. The number of nitrogens with zero attached hydrogens (tertiary/aromatic N) is 6. The van der Waals surface area contributed by atoms with Crippen molar-refractivity contribution in [3.63, 3.8) is 0 Å². The smallest absolute Gasteiger partial charge is 0.303 e. The summed E-state index contributed by atoms with van der Waals surface area (Å²) >= 11 is 0. The van der Waals surface area contributed by atoms with E-state index in [0.29, 0.717) is 23.4 Å². The molecule has 3 aromatic heterocycles. The lowest BCUT2D eigenvalue weighted by molar-refractivity contribution is -0.114. The molecule has 0 spiro atoms. The molecule has 0 saturated carbocycles. The van der Waals surface area contributed by atoms with Crippen molar-refractivity contribution >= 4 is 23.2 Å². The molecule has 3 rings (SSSR count). The Morgan fingerprint density at radius 1 is 1.13 bits per heavy atom. The predicted octanol–water partition coefficient (Wildman–Crippen LogP) is 3.58. The molecule has 2 N–H and O–H groups in total. The first-order valence-electron chi connectivity index (χ1n) is 9.23. The van der Waals surface area contributed by atoms with Crippen molar-refractivity contribution < 1.29 is 13.6 Å². The normalized spacial score (nSPS) is 11.0. The number of pyridine rings is 1. The molecule has 0 atom stereocenters. The largest absolute Gasteiger partial charge is 0.339 e. The van der Waals surface area contributed by atoms with Crippen LogP contribution in [0.3, 0.4) is 0 Å². The number of hydrogen-bond donors (Lipinski definition) is 2. The third kappa shape index (κ3) is 5.30. The van der Waals surface area contributed by atoms with Crippen molar-refractivity contribution in [2.45, 2.75) is 33.1 Å². The van der Waals surface area contributed by atoms with E-state index in [2.05, 4.69) is 35.6 Å². The van der Waals surface area contributed by atoms with Gasteiger partial charge in [0.1, 0.15) is 17.7 Å². The van der Waals surface area contributed by atoms with E-state index in [-0.39, 0.29) is 28.9 Å². The molecule has 0 aliphatic rings. The molecular formula is C20H18F2N8O. The van der Waals surface area contributed by atoms with Gasteiger partial charge in [-0.2, -0.15) is 14.0 Å². The topological polar surface area (TPSA) is 129 Å². The molecule has 3 heterocycles. The second-order valence-electron chi connectivity index (χ2n) is 6.64. The number of aromatic nitrogens is 5.